The predicted octanol–water partition coefficient (Wildman–Crippen LogP) is 3.30. The summed E-state index contributed by atoms with van der Waals surface area (Å²) >= 11 is 0. The van der Waals surface area contributed by atoms with Gasteiger partial charge in [0, 0.05) is 17.1 Å². The lowest BCUT2D eigenvalue weighted by atomic mass is 10.1. The van der Waals surface area contributed by atoms with E-state index in [1.807, 2.05) is 19.1 Å². The molecule has 0 aliphatic heterocycles. The molecule has 2 rings (SSSR count). The Labute approximate surface area is 95.9 Å². The SMILES string of the molecule is C=CC(C)OCCc1c[nH]c2ccccc12. The number of ether oxygens (including phenoxy) is 1. The van der Waals surface area contributed by atoms with Crippen molar-refractivity contribution < 1.29 is 4.74 Å². The van der Waals surface area contributed by atoms with Crippen LogP contribution in [0.25, 0.3) is 10.9 Å². The van der Waals surface area contributed by atoms with Gasteiger partial charge >= 0.3 is 0 Å². The lowest BCUT2D eigenvalue weighted by Gasteiger charge is -2.07. The predicted molar refractivity (Wildman–Crippen MR) is 67.6 cm³/mol. The minimum atomic E-state index is 0.130. The summed E-state index contributed by atoms with van der Waals surface area (Å²) in [6, 6.07) is 8.33. The van der Waals surface area contributed by atoms with Crippen molar-refractivity contribution in [2.45, 2.75) is 19.4 Å². The number of aromatic nitrogens is 1. The molecule has 1 atom stereocenters. The van der Waals surface area contributed by atoms with Crippen LogP contribution in [0.2, 0.25) is 0 Å². The second kappa shape index (κ2) is 4.99. The van der Waals surface area contributed by atoms with Gasteiger partial charge in [-0.2, -0.15) is 0 Å². The van der Waals surface area contributed by atoms with Gasteiger partial charge in [-0.3, -0.25) is 0 Å². The normalized spacial score (nSPS) is 12.8. The summed E-state index contributed by atoms with van der Waals surface area (Å²) < 4.78 is 5.58. The van der Waals surface area contributed by atoms with Crippen LogP contribution in [0.15, 0.2) is 43.1 Å². The van der Waals surface area contributed by atoms with Gasteiger partial charge in [0.25, 0.3) is 0 Å². The molecule has 1 aromatic heterocycles. The number of hydrogen-bond acceptors (Lipinski definition) is 1. The van der Waals surface area contributed by atoms with E-state index in [2.05, 4.69) is 36.0 Å². The Balaban J connectivity index is 2.02. The molecule has 1 N–H and O–H groups in total. The van der Waals surface area contributed by atoms with E-state index in [0.717, 1.165) is 13.0 Å². The van der Waals surface area contributed by atoms with E-state index in [9.17, 15) is 0 Å². The molecule has 0 saturated carbocycles. The van der Waals surface area contributed by atoms with Gasteiger partial charge in [0.15, 0.2) is 0 Å². The van der Waals surface area contributed by atoms with Gasteiger partial charge in [0.1, 0.15) is 0 Å². The van der Waals surface area contributed by atoms with Gasteiger partial charge in [-0.15, -0.1) is 6.58 Å². The summed E-state index contributed by atoms with van der Waals surface area (Å²) in [7, 11) is 0. The molecule has 0 spiro atoms. The summed E-state index contributed by atoms with van der Waals surface area (Å²) in [6.45, 7) is 6.43. The average Bonchev–Trinajstić information content (AvgIpc) is 2.73. The Morgan fingerprint density at radius 1 is 1.44 bits per heavy atom. The van der Waals surface area contributed by atoms with E-state index < -0.39 is 0 Å². The largest absolute Gasteiger partial charge is 0.374 e. The zero-order valence-electron chi connectivity index (χ0n) is 9.57. The first-order valence-corrected chi connectivity index (χ1v) is 5.60. The third kappa shape index (κ3) is 2.34. The molecule has 0 fully saturated rings. The van der Waals surface area contributed by atoms with Crippen LogP contribution >= 0.6 is 0 Å². The molecule has 2 nitrogen and oxygen atoms in total. The zero-order valence-corrected chi connectivity index (χ0v) is 9.57. The molecule has 1 aromatic carbocycles. The van der Waals surface area contributed by atoms with Crippen LogP contribution in [0.5, 0.6) is 0 Å². The maximum atomic E-state index is 5.58. The topological polar surface area (TPSA) is 25.0 Å². The van der Waals surface area contributed by atoms with Crippen molar-refractivity contribution in [1.82, 2.24) is 4.98 Å². The molecule has 0 amide bonds. The Bertz CT molecular complexity index is 472. The van der Waals surface area contributed by atoms with Gasteiger partial charge in [-0.05, 0) is 25.0 Å². The third-order valence-corrected chi connectivity index (χ3v) is 2.76. The number of para-hydroxylation sites is 1. The highest BCUT2D eigenvalue weighted by atomic mass is 16.5. The first kappa shape index (κ1) is 11.0. The summed E-state index contributed by atoms with van der Waals surface area (Å²) in [5, 5.41) is 1.29. The highest BCUT2D eigenvalue weighted by molar-refractivity contribution is 5.82. The lowest BCUT2D eigenvalue weighted by molar-refractivity contribution is 0.101. The van der Waals surface area contributed by atoms with Crippen LogP contribution in [0.3, 0.4) is 0 Å². The highest BCUT2D eigenvalue weighted by Gasteiger charge is 2.03. The molecule has 1 unspecified atom stereocenters. The van der Waals surface area contributed by atoms with Gasteiger partial charge in [0.05, 0.1) is 12.7 Å². The van der Waals surface area contributed by atoms with E-state index >= 15 is 0 Å². The number of benzene rings is 1. The summed E-state index contributed by atoms with van der Waals surface area (Å²) in [5.74, 6) is 0. The molecule has 2 aromatic rings. The molecule has 0 aliphatic carbocycles. The molecule has 16 heavy (non-hydrogen) atoms. The Morgan fingerprint density at radius 2 is 2.25 bits per heavy atom. The zero-order chi connectivity index (χ0) is 11.4. The van der Waals surface area contributed by atoms with E-state index in [-0.39, 0.29) is 6.10 Å². The Hall–Kier alpha value is -1.54. The Kier molecular flexibility index (Phi) is 3.42. The first-order chi connectivity index (χ1) is 7.81. The standard InChI is InChI=1S/C14H17NO/c1-3-11(2)16-9-8-12-10-15-14-7-5-4-6-13(12)14/h3-7,10-11,15H,1,8-9H2,2H3. The number of hydrogen-bond donors (Lipinski definition) is 1. The van der Waals surface area contributed by atoms with Crippen LogP contribution < -0.4 is 0 Å². The van der Waals surface area contributed by atoms with Crippen LogP contribution in [0.1, 0.15) is 12.5 Å². The molecule has 0 bridgehead atoms. The number of fused-ring (bicyclic) bond motifs is 1. The summed E-state index contributed by atoms with van der Waals surface area (Å²) in [4.78, 5) is 3.26. The van der Waals surface area contributed by atoms with Crippen molar-refractivity contribution in [3.05, 3.63) is 48.7 Å². The van der Waals surface area contributed by atoms with E-state index in [1.54, 1.807) is 0 Å². The third-order valence-electron chi connectivity index (χ3n) is 2.76. The van der Waals surface area contributed by atoms with E-state index in [4.69, 9.17) is 4.74 Å². The summed E-state index contributed by atoms with van der Waals surface area (Å²) in [5.41, 5.74) is 2.50. The minimum absolute atomic E-state index is 0.130. The lowest BCUT2D eigenvalue weighted by Crippen LogP contribution is -2.07. The van der Waals surface area contributed by atoms with Gasteiger partial charge in [0.2, 0.25) is 0 Å². The van der Waals surface area contributed by atoms with Crippen molar-refractivity contribution in [3.8, 4) is 0 Å². The van der Waals surface area contributed by atoms with Crippen LogP contribution in [0.4, 0.5) is 0 Å². The molecule has 0 aliphatic rings. The number of H-pyrrole nitrogens is 1. The number of nitrogens with one attached hydrogen (secondary N) is 1. The number of rotatable bonds is 5. The van der Waals surface area contributed by atoms with Gasteiger partial charge in [-0.25, -0.2) is 0 Å². The monoisotopic (exact) mass is 215 g/mol. The molecular weight excluding hydrogens is 198 g/mol. The Morgan fingerprint density at radius 3 is 3.06 bits per heavy atom. The second-order valence-corrected chi connectivity index (χ2v) is 3.92. The molecule has 1 heterocycles. The van der Waals surface area contributed by atoms with Crippen molar-refractivity contribution in [2.24, 2.45) is 0 Å². The fourth-order valence-corrected chi connectivity index (χ4v) is 1.76. The van der Waals surface area contributed by atoms with Gasteiger partial charge in [-0.1, -0.05) is 24.3 Å². The fourth-order valence-electron chi connectivity index (χ4n) is 1.76. The van der Waals surface area contributed by atoms with Crippen molar-refractivity contribution in [3.63, 3.8) is 0 Å². The highest BCUT2D eigenvalue weighted by Crippen LogP contribution is 2.18. The molecule has 0 saturated heterocycles. The average molecular weight is 215 g/mol. The second-order valence-electron chi connectivity index (χ2n) is 3.92. The van der Waals surface area contributed by atoms with E-state index in [1.165, 1.54) is 16.5 Å². The van der Waals surface area contributed by atoms with Crippen LogP contribution in [-0.2, 0) is 11.2 Å². The fraction of sp³-hybridized carbons (Fsp3) is 0.286. The number of aromatic amines is 1. The maximum Gasteiger partial charge on any atom is 0.0725 e. The van der Waals surface area contributed by atoms with Gasteiger partial charge < -0.3 is 9.72 Å². The smallest absolute Gasteiger partial charge is 0.0725 e. The van der Waals surface area contributed by atoms with Crippen molar-refractivity contribution in [2.75, 3.05) is 6.61 Å². The molecular formula is C14H17NO. The van der Waals surface area contributed by atoms with Crippen molar-refractivity contribution in [1.29, 1.82) is 0 Å². The first-order valence-electron chi connectivity index (χ1n) is 5.60. The minimum Gasteiger partial charge on any atom is -0.374 e. The quantitative estimate of drug-likeness (QED) is 0.760. The van der Waals surface area contributed by atoms with E-state index in [0.29, 0.717) is 0 Å². The maximum absolute atomic E-state index is 5.58. The summed E-state index contributed by atoms with van der Waals surface area (Å²) in [6.07, 6.45) is 4.94. The van der Waals surface area contributed by atoms with Crippen LogP contribution in [0, 0.1) is 0 Å². The van der Waals surface area contributed by atoms with Crippen LogP contribution in [-0.4, -0.2) is 17.7 Å². The molecule has 2 heteroatoms. The van der Waals surface area contributed by atoms with Crippen molar-refractivity contribution >= 4 is 10.9 Å². The molecule has 0 radical (unpaired) electrons. The molecule has 84 valence electrons.